The molecule has 0 aromatic carbocycles. The fourth-order valence-corrected chi connectivity index (χ4v) is 3.19. The Bertz CT molecular complexity index is 683. The number of aliphatic imine (C=N–C) groups is 1. The molecule has 0 saturated heterocycles. The van der Waals surface area contributed by atoms with E-state index in [4.69, 9.17) is 0 Å². The molecule has 2 N–H and O–H groups in total. The molecule has 0 spiro atoms. The maximum atomic E-state index is 4.63. The molecule has 6 nitrogen and oxygen atoms in total. The van der Waals surface area contributed by atoms with Crippen LogP contribution in [0.15, 0.2) is 10.4 Å². The quantitative estimate of drug-likeness (QED) is 0.651. The van der Waals surface area contributed by atoms with E-state index in [-0.39, 0.29) is 0 Å². The Hall–Kier alpha value is -1.89. The highest BCUT2D eigenvalue weighted by atomic mass is 32.1. The summed E-state index contributed by atoms with van der Waals surface area (Å²) in [5.74, 6) is 1.24. The molecule has 2 heterocycles. The van der Waals surface area contributed by atoms with Crippen LogP contribution < -0.4 is 10.6 Å². The zero-order chi connectivity index (χ0) is 17.0. The van der Waals surface area contributed by atoms with Crippen molar-refractivity contribution in [2.45, 2.75) is 46.7 Å². The third kappa shape index (κ3) is 4.31. The molecular formula is C16H26N6S. The van der Waals surface area contributed by atoms with Gasteiger partial charge in [0.2, 0.25) is 0 Å². The molecule has 0 aliphatic rings. The third-order valence-electron chi connectivity index (χ3n) is 3.88. The first kappa shape index (κ1) is 17.5. The molecule has 0 amide bonds. The van der Waals surface area contributed by atoms with Crippen LogP contribution in [0.5, 0.6) is 0 Å². The SMILES string of the molecule is CN=C(NCc1nc(C(C)C)cs1)NCc1c(C)nn(C)c1C. The van der Waals surface area contributed by atoms with Crippen molar-refractivity contribution in [3.63, 3.8) is 0 Å². The lowest BCUT2D eigenvalue weighted by atomic mass is 10.2. The molecule has 2 aromatic heterocycles. The van der Waals surface area contributed by atoms with Gasteiger partial charge in [-0.05, 0) is 19.8 Å². The first-order valence-corrected chi connectivity index (χ1v) is 8.68. The van der Waals surface area contributed by atoms with Crippen molar-refractivity contribution >= 4 is 17.3 Å². The molecule has 0 aliphatic carbocycles. The Balaban J connectivity index is 1.90. The highest BCUT2D eigenvalue weighted by molar-refractivity contribution is 7.09. The van der Waals surface area contributed by atoms with Gasteiger partial charge in [0.15, 0.2) is 5.96 Å². The number of nitrogens with zero attached hydrogens (tertiary/aromatic N) is 4. The summed E-state index contributed by atoms with van der Waals surface area (Å²) in [6, 6.07) is 0. The van der Waals surface area contributed by atoms with Crippen molar-refractivity contribution < 1.29 is 0 Å². The van der Waals surface area contributed by atoms with Crippen molar-refractivity contribution in [2.75, 3.05) is 7.05 Å². The highest BCUT2D eigenvalue weighted by Gasteiger charge is 2.10. The van der Waals surface area contributed by atoms with Crippen molar-refractivity contribution in [3.8, 4) is 0 Å². The number of aromatic nitrogens is 3. The van der Waals surface area contributed by atoms with Crippen molar-refractivity contribution in [3.05, 3.63) is 33.0 Å². The number of thiazole rings is 1. The average Bonchev–Trinajstić information content (AvgIpc) is 3.07. The molecular weight excluding hydrogens is 308 g/mol. The molecule has 2 rings (SSSR count). The smallest absolute Gasteiger partial charge is 0.191 e. The summed E-state index contributed by atoms with van der Waals surface area (Å²) < 4.78 is 1.91. The van der Waals surface area contributed by atoms with Crippen molar-refractivity contribution in [1.82, 2.24) is 25.4 Å². The first-order chi connectivity index (χ1) is 10.9. The van der Waals surface area contributed by atoms with Gasteiger partial charge in [-0.1, -0.05) is 13.8 Å². The summed E-state index contributed by atoms with van der Waals surface area (Å²) >= 11 is 1.68. The van der Waals surface area contributed by atoms with E-state index in [9.17, 15) is 0 Å². The van der Waals surface area contributed by atoms with Crippen LogP contribution in [0.2, 0.25) is 0 Å². The second kappa shape index (κ2) is 7.59. The van der Waals surface area contributed by atoms with E-state index in [1.165, 1.54) is 11.3 Å². The molecule has 0 bridgehead atoms. The summed E-state index contributed by atoms with van der Waals surface area (Å²) in [5, 5.41) is 14.3. The summed E-state index contributed by atoms with van der Waals surface area (Å²) in [7, 11) is 3.74. The maximum absolute atomic E-state index is 4.63. The molecule has 0 saturated carbocycles. The fourth-order valence-electron chi connectivity index (χ4n) is 2.30. The monoisotopic (exact) mass is 334 g/mol. The molecule has 0 radical (unpaired) electrons. The number of nitrogens with one attached hydrogen (secondary N) is 2. The van der Waals surface area contributed by atoms with E-state index in [1.807, 2.05) is 18.7 Å². The van der Waals surface area contributed by atoms with E-state index < -0.39 is 0 Å². The first-order valence-electron chi connectivity index (χ1n) is 7.80. The summed E-state index contributed by atoms with van der Waals surface area (Å²) in [6.07, 6.45) is 0. The second-order valence-corrected chi connectivity index (χ2v) is 6.82. The number of aryl methyl sites for hydroxylation is 2. The minimum Gasteiger partial charge on any atom is -0.352 e. The van der Waals surface area contributed by atoms with E-state index in [2.05, 4.69) is 51.9 Å². The van der Waals surface area contributed by atoms with Gasteiger partial charge in [-0.15, -0.1) is 11.3 Å². The van der Waals surface area contributed by atoms with Gasteiger partial charge in [0, 0.05) is 37.3 Å². The largest absolute Gasteiger partial charge is 0.352 e. The lowest BCUT2D eigenvalue weighted by molar-refractivity contribution is 0.728. The van der Waals surface area contributed by atoms with Crippen LogP contribution in [-0.4, -0.2) is 27.8 Å². The summed E-state index contributed by atoms with van der Waals surface area (Å²) in [6.45, 7) is 9.82. The Morgan fingerprint density at radius 1 is 1.30 bits per heavy atom. The average molecular weight is 334 g/mol. The molecule has 0 fully saturated rings. The van der Waals surface area contributed by atoms with Crippen LogP contribution in [0.4, 0.5) is 0 Å². The van der Waals surface area contributed by atoms with E-state index in [0.29, 0.717) is 19.0 Å². The lowest BCUT2D eigenvalue weighted by Crippen LogP contribution is -2.36. The van der Waals surface area contributed by atoms with E-state index in [1.54, 1.807) is 18.4 Å². The lowest BCUT2D eigenvalue weighted by Gasteiger charge is -2.11. The van der Waals surface area contributed by atoms with Gasteiger partial charge in [-0.2, -0.15) is 5.10 Å². The molecule has 126 valence electrons. The van der Waals surface area contributed by atoms with Gasteiger partial charge < -0.3 is 10.6 Å². The van der Waals surface area contributed by atoms with Gasteiger partial charge in [0.05, 0.1) is 17.9 Å². The van der Waals surface area contributed by atoms with Gasteiger partial charge in [-0.3, -0.25) is 9.67 Å². The highest BCUT2D eigenvalue weighted by Crippen LogP contribution is 2.17. The predicted octanol–water partition coefficient (Wildman–Crippen LogP) is 2.48. The topological polar surface area (TPSA) is 67.1 Å². The minimum atomic E-state index is 0.467. The van der Waals surface area contributed by atoms with Crippen LogP contribution in [0.3, 0.4) is 0 Å². The van der Waals surface area contributed by atoms with E-state index >= 15 is 0 Å². The standard InChI is InChI=1S/C16H26N6S/c1-10(2)14-9-23-15(20-14)8-19-16(17-5)18-7-13-11(3)21-22(6)12(13)4/h9-10H,7-8H2,1-6H3,(H2,17,18,19). The Morgan fingerprint density at radius 3 is 2.52 bits per heavy atom. The molecule has 0 atom stereocenters. The maximum Gasteiger partial charge on any atom is 0.191 e. The summed E-state index contributed by atoms with van der Waals surface area (Å²) in [4.78, 5) is 8.90. The second-order valence-electron chi connectivity index (χ2n) is 5.87. The Labute approximate surface area is 142 Å². The van der Waals surface area contributed by atoms with Crippen molar-refractivity contribution in [2.24, 2.45) is 12.0 Å². The Morgan fingerprint density at radius 2 is 2.00 bits per heavy atom. The van der Waals surface area contributed by atoms with Crippen LogP contribution in [0, 0.1) is 13.8 Å². The predicted molar refractivity (Wildman–Crippen MR) is 95.9 cm³/mol. The van der Waals surface area contributed by atoms with Crippen LogP contribution >= 0.6 is 11.3 Å². The molecule has 7 heteroatoms. The van der Waals surface area contributed by atoms with Gasteiger partial charge in [-0.25, -0.2) is 4.98 Å². The zero-order valence-electron chi connectivity index (χ0n) is 14.8. The zero-order valence-corrected chi connectivity index (χ0v) is 15.6. The number of rotatable bonds is 5. The fraction of sp³-hybridized carbons (Fsp3) is 0.562. The van der Waals surface area contributed by atoms with Crippen LogP contribution in [0.25, 0.3) is 0 Å². The normalized spacial score (nSPS) is 12.0. The van der Waals surface area contributed by atoms with E-state index in [0.717, 1.165) is 22.4 Å². The molecule has 0 unspecified atom stereocenters. The number of hydrogen-bond donors (Lipinski definition) is 2. The van der Waals surface area contributed by atoms with Gasteiger partial charge in [0.25, 0.3) is 0 Å². The number of hydrogen-bond acceptors (Lipinski definition) is 4. The minimum absolute atomic E-state index is 0.467. The molecule has 2 aromatic rings. The van der Waals surface area contributed by atoms with Crippen molar-refractivity contribution in [1.29, 1.82) is 0 Å². The van der Waals surface area contributed by atoms with Crippen LogP contribution in [-0.2, 0) is 20.1 Å². The molecule has 0 aliphatic heterocycles. The van der Waals surface area contributed by atoms with Gasteiger partial charge in [0.1, 0.15) is 5.01 Å². The Kier molecular flexibility index (Phi) is 5.76. The molecule has 23 heavy (non-hydrogen) atoms. The third-order valence-corrected chi connectivity index (χ3v) is 4.75. The van der Waals surface area contributed by atoms with Crippen LogP contribution in [0.1, 0.15) is 47.4 Å². The van der Waals surface area contributed by atoms with Gasteiger partial charge >= 0.3 is 0 Å². The summed E-state index contributed by atoms with van der Waals surface area (Å²) in [5.41, 5.74) is 4.59. The number of guanidine groups is 1.